The lowest BCUT2D eigenvalue weighted by Crippen LogP contribution is -2.48. The largest absolute Gasteiger partial charge is 0.389 e. The molecule has 2 atom stereocenters. The van der Waals surface area contributed by atoms with Crippen molar-refractivity contribution in [1.82, 2.24) is 5.32 Å². The second kappa shape index (κ2) is 5.25. The lowest BCUT2D eigenvalue weighted by Gasteiger charge is -2.36. The maximum absolute atomic E-state index is 10.5. The van der Waals surface area contributed by atoms with E-state index in [0.717, 1.165) is 44.9 Å². The highest BCUT2D eigenvalue weighted by atomic mass is 16.3. The van der Waals surface area contributed by atoms with Crippen LogP contribution in [0.5, 0.6) is 0 Å². The molecule has 2 saturated carbocycles. The van der Waals surface area contributed by atoms with Crippen LogP contribution in [0.25, 0.3) is 0 Å². The van der Waals surface area contributed by atoms with Gasteiger partial charge in [-0.25, -0.2) is 0 Å². The Labute approximate surface area is 105 Å². The van der Waals surface area contributed by atoms with Crippen molar-refractivity contribution >= 4 is 0 Å². The van der Waals surface area contributed by atoms with Crippen LogP contribution < -0.4 is 5.32 Å². The van der Waals surface area contributed by atoms with Gasteiger partial charge in [0.05, 0.1) is 11.2 Å². The van der Waals surface area contributed by atoms with Crippen molar-refractivity contribution in [3.8, 4) is 0 Å². The van der Waals surface area contributed by atoms with Crippen LogP contribution >= 0.6 is 0 Å². The average Bonchev–Trinajstić information content (AvgIpc) is 2.64. The molecule has 0 aromatic carbocycles. The van der Waals surface area contributed by atoms with Crippen molar-refractivity contribution in [2.24, 2.45) is 5.92 Å². The maximum Gasteiger partial charge on any atom is 0.0774 e. The van der Waals surface area contributed by atoms with Gasteiger partial charge in [0.1, 0.15) is 0 Å². The molecule has 3 nitrogen and oxygen atoms in total. The van der Waals surface area contributed by atoms with E-state index < -0.39 is 11.2 Å². The summed E-state index contributed by atoms with van der Waals surface area (Å²) < 4.78 is 0. The molecular weight excluding hydrogens is 214 g/mol. The summed E-state index contributed by atoms with van der Waals surface area (Å²) in [7, 11) is 0. The van der Waals surface area contributed by atoms with E-state index in [1.165, 1.54) is 6.42 Å². The minimum absolute atomic E-state index is 0.503. The average molecular weight is 241 g/mol. The summed E-state index contributed by atoms with van der Waals surface area (Å²) in [6, 6.07) is 0. The summed E-state index contributed by atoms with van der Waals surface area (Å²) in [5.41, 5.74) is -1.04. The molecule has 100 valence electrons. The third kappa shape index (κ3) is 3.67. The smallest absolute Gasteiger partial charge is 0.0774 e. The molecule has 0 saturated heterocycles. The fourth-order valence-electron chi connectivity index (χ4n) is 3.53. The van der Waals surface area contributed by atoms with Crippen molar-refractivity contribution in [3.63, 3.8) is 0 Å². The highest BCUT2D eigenvalue weighted by molar-refractivity contribution is 4.90. The van der Waals surface area contributed by atoms with Crippen molar-refractivity contribution < 1.29 is 10.2 Å². The SMILES string of the molecule is CC1CCCC(O)(CNCC2(O)CCCC2)C1. The van der Waals surface area contributed by atoms with E-state index in [2.05, 4.69) is 12.2 Å². The lowest BCUT2D eigenvalue weighted by molar-refractivity contribution is -0.0193. The van der Waals surface area contributed by atoms with Gasteiger partial charge in [-0.05, 0) is 31.6 Å². The van der Waals surface area contributed by atoms with Crippen LogP contribution in [0.2, 0.25) is 0 Å². The first-order valence-electron chi connectivity index (χ1n) is 7.17. The monoisotopic (exact) mass is 241 g/mol. The molecule has 0 bridgehead atoms. The fraction of sp³-hybridized carbons (Fsp3) is 1.00. The van der Waals surface area contributed by atoms with Gasteiger partial charge in [0.15, 0.2) is 0 Å². The molecular formula is C14H27NO2. The zero-order valence-electron chi connectivity index (χ0n) is 11.0. The Balaban J connectivity index is 1.73. The molecule has 2 unspecified atom stereocenters. The van der Waals surface area contributed by atoms with Gasteiger partial charge in [-0.15, -0.1) is 0 Å². The second-order valence-electron chi connectivity index (χ2n) is 6.46. The van der Waals surface area contributed by atoms with E-state index in [-0.39, 0.29) is 0 Å². The molecule has 3 heteroatoms. The van der Waals surface area contributed by atoms with Crippen LogP contribution in [0.4, 0.5) is 0 Å². The zero-order valence-corrected chi connectivity index (χ0v) is 11.0. The van der Waals surface area contributed by atoms with Crippen molar-refractivity contribution in [3.05, 3.63) is 0 Å². The molecule has 17 heavy (non-hydrogen) atoms. The molecule has 0 aromatic heterocycles. The molecule has 2 aliphatic rings. The Kier molecular flexibility index (Phi) is 4.11. The molecule has 0 heterocycles. The summed E-state index contributed by atoms with van der Waals surface area (Å²) in [5, 5.41) is 24.0. The molecule has 2 fully saturated rings. The van der Waals surface area contributed by atoms with E-state index in [1.54, 1.807) is 0 Å². The quantitative estimate of drug-likeness (QED) is 0.704. The van der Waals surface area contributed by atoms with Crippen LogP contribution in [0.15, 0.2) is 0 Å². The summed E-state index contributed by atoms with van der Waals surface area (Å²) in [6.45, 7) is 3.50. The van der Waals surface area contributed by atoms with Crippen molar-refractivity contribution in [2.45, 2.75) is 69.5 Å². The first kappa shape index (κ1) is 13.3. The van der Waals surface area contributed by atoms with Crippen LogP contribution in [-0.2, 0) is 0 Å². The second-order valence-corrected chi connectivity index (χ2v) is 6.46. The Hall–Kier alpha value is -0.120. The zero-order chi connectivity index (χ0) is 12.4. The third-order valence-corrected chi connectivity index (χ3v) is 4.51. The standard InChI is InChI=1S/C14H27NO2/c1-12-5-4-8-14(17,9-12)11-15-10-13(16)6-2-3-7-13/h12,15-17H,2-11H2,1H3. The van der Waals surface area contributed by atoms with Gasteiger partial charge in [0.25, 0.3) is 0 Å². The van der Waals surface area contributed by atoms with Gasteiger partial charge < -0.3 is 15.5 Å². The Morgan fingerprint density at radius 2 is 1.59 bits per heavy atom. The summed E-state index contributed by atoms with van der Waals surface area (Å²) >= 11 is 0. The molecule has 0 radical (unpaired) electrons. The fourth-order valence-corrected chi connectivity index (χ4v) is 3.53. The summed E-state index contributed by atoms with van der Waals surface area (Å²) in [5.74, 6) is 0.630. The lowest BCUT2D eigenvalue weighted by atomic mass is 9.79. The van der Waals surface area contributed by atoms with E-state index in [1.807, 2.05) is 0 Å². The first-order valence-corrected chi connectivity index (χ1v) is 7.17. The third-order valence-electron chi connectivity index (χ3n) is 4.51. The van der Waals surface area contributed by atoms with Gasteiger partial charge in [0.2, 0.25) is 0 Å². The minimum atomic E-state index is -0.535. The molecule has 0 aliphatic heterocycles. The maximum atomic E-state index is 10.5. The first-order chi connectivity index (χ1) is 8.02. The van der Waals surface area contributed by atoms with Crippen molar-refractivity contribution in [1.29, 1.82) is 0 Å². The van der Waals surface area contributed by atoms with Crippen LogP contribution in [0, 0.1) is 5.92 Å². The number of aliphatic hydroxyl groups is 2. The minimum Gasteiger partial charge on any atom is -0.389 e. The highest BCUT2D eigenvalue weighted by Crippen LogP contribution is 2.32. The predicted molar refractivity (Wildman–Crippen MR) is 68.9 cm³/mol. The Morgan fingerprint density at radius 1 is 1.00 bits per heavy atom. The molecule has 2 rings (SSSR count). The van der Waals surface area contributed by atoms with E-state index in [4.69, 9.17) is 0 Å². The van der Waals surface area contributed by atoms with Crippen LogP contribution in [0.3, 0.4) is 0 Å². The normalized spacial score (nSPS) is 37.2. The number of hydrogen-bond donors (Lipinski definition) is 3. The van der Waals surface area contributed by atoms with Gasteiger partial charge in [-0.1, -0.05) is 32.6 Å². The van der Waals surface area contributed by atoms with Gasteiger partial charge in [-0.2, -0.15) is 0 Å². The summed E-state index contributed by atoms with van der Waals surface area (Å²) in [6.07, 6.45) is 8.28. The van der Waals surface area contributed by atoms with Gasteiger partial charge in [-0.3, -0.25) is 0 Å². The van der Waals surface area contributed by atoms with Crippen molar-refractivity contribution in [2.75, 3.05) is 13.1 Å². The summed E-state index contributed by atoms with van der Waals surface area (Å²) in [4.78, 5) is 0. The molecule has 0 aromatic rings. The topological polar surface area (TPSA) is 52.5 Å². The molecule has 0 amide bonds. The number of rotatable bonds is 4. The predicted octanol–water partition coefficient (Wildman–Crippen LogP) is 1.82. The van der Waals surface area contributed by atoms with Gasteiger partial charge in [0, 0.05) is 13.1 Å². The van der Waals surface area contributed by atoms with Crippen LogP contribution in [0.1, 0.15) is 58.3 Å². The number of hydrogen-bond acceptors (Lipinski definition) is 3. The molecule has 3 N–H and O–H groups in total. The van der Waals surface area contributed by atoms with E-state index in [9.17, 15) is 10.2 Å². The number of nitrogens with one attached hydrogen (secondary N) is 1. The van der Waals surface area contributed by atoms with E-state index in [0.29, 0.717) is 19.0 Å². The Morgan fingerprint density at radius 3 is 2.24 bits per heavy atom. The van der Waals surface area contributed by atoms with Gasteiger partial charge >= 0.3 is 0 Å². The Bertz CT molecular complexity index is 251. The molecule has 0 spiro atoms. The van der Waals surface area contributed by atoms with E-state index >= 15 is 0 Å². The molecule has 2 aliphatic carbocycles. The van der Waals surface area contributed by atoms with Crippen LogP contribution in [-0.4, -0.2) is 34.5 Å². The highest BCUT2D eigenvalue weighted by Gasteiger charge is 2.34.